The first-order chi connectivity index (χ1) is 13.4. The van der Waals surface area contributed by atoms with Crippen molar-refractivity contribution in [3.05, 3.63) is 71.8 Å². The lowest BCUT2D eigenvalue weighted by Crippen LogP contribution is -2.31. The van der Waals surface area contributed by atoms with Crippen LogP contribution in [0.25, 0.3) is 0 Å². The van der Waals surface area contributed by atoms with Gasteiger partial charge >= 0.3 is 5.97 Å². The van der Waals surface area contributed by atoms with E-state index < -0.39 is 16.0 Å². The summed E-state index contributed by atoms with van der Waals surface area (Å²) in [5.41, 5.74) is 0.543. The molecule has 2 rings (SSSR count). The molecule has 146 valence electrons. The van der Waals surface area contributed by atoms with Crippen molar-refractivity contribution in [3.8, 4) is 6.07 Å². The Bertz CT molecular complexity index is 982. The second-order valence-corrected chi connectivity index (χ2v) is 8.03. The molecule has 0 spiro atoms. The molecular formula is C20H19ClN2O4S. The van der Waals surface area contributed by atoms with E-state index in [2.05, 4.69) is 6.58 Å². The number of benzene rings is 2. The highest BCUT2D eigenvalue weighted by molar-refractivity contribution is 7.92. The van der Waals surface area contributed by atoms with Crippen LogP contribution in [-0.4, -0.2) is 27.5 Å². The van der Waals surface area contributed by atoms with E-state index in [1.54, 1.807) is 24.3 Å². The summed E-state index contributed by atoms with van der Waals surface area (Å²) < 4.78 is 32.5. The van der Waals surface area contributed by atoms with Crippen LogP contribution in [0, 0.1) is 11.3 Å². The van der Waals surface area contributed by atoms with Gasteiger partial charge in [0, 0.05) is 11.4 Å². The number of esters is 1. The zero-order valence-corrected chi connectivity index (χ0v) is 16.6. The van der Waals surface area contributed by atoms with E-state index in [0.717, 1.165) is 0 Å². The Morgan fingerprint density at radius 1 is 1.25 bits per heavy atom. The van der Waals surface area contributed by atoms with Gasteiger partial charge in [-0.3, -0.25) is 4.31 Å². The molecule has 0 aromatic heterocycles. The molecule has 0 saturated heterocycles. The van der Waals surface area contributed by atoms with Gasteiger partial charge in [-0.15, -0.1) is 6.58 Å². The van der Waals surface area contributed by atoms with Crippen molar-refractivity contribution in [2.24, 2.45) is 0 Å². The first kappa shape index (κ1) is 21.5. The summed E-state index contributed by atoms with van der Waals surface area (Å²) >= 11 is 5.88. The Kier molecular flexibility index (Phi) is 7.61. The van der Waals surface area contributed by atoms with Gasteiger partial charge in [-0.25, -0.2) is 13.2 Å². The number of nitrogens with zero attached hydrogens (tertiary/aromatic N) is 2. The number of unbranched alkanes of at least 4 members (excludes halogenated alkanes) is 1. The molecule has 8 heteroatoms. The van der Waals surface area contributed by atoms with Gasteiger partial charge in [0.1, 0.15) is 0 Å². The third-order valence-electron chi connectivity index (χ3n) is 3.73. The molecule has 0 radical (unpaired) electrons. The van der Waals surface area contributed by atoms with Gasteiger partial charge in [0.15, 0.2) is 0 Å². The summed E-state index contributed by atoms with van der Waals surface area (Å²) in [6.07, 6.45) is 2.17. The van der Waals surface area contributed by atoms with E-state index in [0.29, 0.717) is 17.1 Å². The SMILES string of the molecule is C=CCN(c1ccc(Cl)cc1)S(=O)(=O)c1cccc(C(=O)OCCCC#N)c1. The summed E-state index contributed by atoms with van der Waals surface area (Å²) in [5.74, 6) is -0.642. The summed E-state index contributed by atoms with van der Waals surface area (Å²) in [4.78, 5) is 12.1. The Hall–Kier alpha value is -2.82. The van der Waals surface area contributed by atoms with E-state index in [1.807, 2.05) is 6.07 Å². The lowest BCUT2D eigenvalue weighted by Gasteiger charge is -2.23. The molecule has 0 atom stereocenters. The molecule has 0 aliphatic rings. The summed E-state index contributed by atoms with van der Waals surface area (Å²) in [5, 5.41) is 8.99. The highest BCUT2D eigenvalue weighted by Crippen LogP contribution is 2.25. The maximum absolute atomic E-state index is 13.1. The monoisotopic (exact) mass is 418 g/mol. The van der Waals surface area contributed by atoms with E-state index in [1.165, 1.54) is 34.6 Å². The number of hydrogen-bond donors (Lipinski definition) is 0. The molecule has 0 aliphatic carbocycles. The zero-order chi connectivity index (χ0) is 20.6. The van der Waals surface area contributed by atoms with Gasteiger partial charge in [-0.05, 0) is 48.9 Å². The summed E-state index contributed by atoms with van der Waals surface area (Å²) in [6.45, 7) is 3.76. The van der Waals surface area contributed by atoms with E-state index in [9.17, 15) is 13.2 Å². The van der Waals surface area contributed by atoms with Crippen LogP contribution in [0.5, 0.6) is 0 Å². The Morgan fingerprint density at radius 3 is 2.61 bits per heavy atom. The van der Waals surface area contributed by atoms with Crippen LogP contribution < -0.4 is 4.31 Å². The highest BCUT2D eigenvalue weighted by atomic mass is 35.5. The minimum absolute atomic E-state index is 0.0456. The van der Waals surface area contributed by atoms with Gasteiger partial charge in [-0.2, -0.15) is 5.26 Å². The molecule has 0 bridgehead atoms. The van der Waals surface area contributed by atoms with Crippen molar-refractivity contribution in [1.82, 2.24) is 0 Å². The number of hydrogen-bond acceptors (Lipinski definition) is 5. The fourth-order valence-electron chi connectivity index (χ4n) is 2.38. The standard InChI is InChI=1S/C20H19ClN2O4S/c1-2-13-23(18-10-8-17(21)9-11-18)28(25,26)19-7-5-6-16(15-19)20(24)27-14-4-3-12-22/h2,5-11,15H,1,3-4,13-14H2. The molecular weight excluding hydrogens is 400 g/mol. The lowest BCUT2D eigenvalue weighted by molar-refractivity contribution is 0.0501. The van der Waals surface area contributed by atoms with Gasteiger partial charge in [-0.1, -0.05) is 23.7 Å². The Labute approximate surface area is 169 Å². The van der Waals surface area contributed by atoms with Gasteiger partial charge in [0.05, 0.1) is 35.4 Å². The first-order valence-corrected chi connectivity index (χ1v) is 10.3. The van der Waals surface area contributed by atoms with Gasteiger partial charge < -0.3 is 4.74 Å². The second-order valence-electron chi connectivity index (χ2n) is 5.73. The number of ether oxygens (including phenoxy) is 1. The molecule has 0 aliphatic heterocycles. The Morgan fingerprint density at radius 2 is 1.96 bits per heavy atom. The number of nitriles is 1. The number of carbonyl (C=O) groups excluding carboxylic acids is 1. The molecule has 0 heterocycles. The summed E-state index contributed by atoms with van der Waals surface area (Å²) in [6, 6.07) is 14.0. The van der Waals surface area contributed by atoms with Crippen LogP contribution in [0.15, 0.2) is 66.1 Å². The molecule has 0 N–H and O–H groups in total. The molecule has 28 heavy (non-hydrogen) atoms. The fraction of sp³-hybridized carbons (Fsp3) is 0.200. The van der Waals surface area contributed by atoms with Crippen LogP contribution in [0.2, 0.25) is 5.02 Å². The van der Waals surface area contributed by atoms with Crippen molar-refractivity contribution < 1.29 is 17.9 Å². The maximum atomic E-state index is 13.1. The molecule has 0 amide bonds. The average molecular weight is 419 g/mol. The van der Waals surface area contributed by atoms with Crippen molar-refractivity contribution in [2.75, 3.05) is 17.5 Å². The van der Waals surface area contributed by atoms with Gasteiger partial charge in [0.25, 0.3) is 10.0 Å². The van der Waals surface area contributed by atoms with Crippen molar-refractivity contribution in [3.63, 3.8) is 0 Å². The third kappa shape index (κ3) is 5.35. The number of sulfonamides is 1. The molecule has 0 saturated carbocycles. The smallest absolute Gasteiger partial charge is 0.338 e. The molecule has 2 aromatic carbocycles. The minimum atomic E-state index is -3.95. The molecule has 0 fully saturated rings. The van der Waals surface area contributed by atoms with E-state index in [4.69, 9.17) is 21.6 Å². The Balaban J connectivity index is 2.30. The van der Waals surface area contributed by atoms with Crippen LogP contribution in [0.3, 0.4) is 0 Å². The predicted molar refractivity (Wildman–Crippen MR) is 108 cm³/mol. The maximum Gasteiger partial charge on any atom is 0.338 e. The molecule has 0 unspecified atom stereocenters. The largest absolute Gasteiger partial charge is 0.462 e. The fourth-order valence-corrected chi connectivity index (χ4v) is 3.98. The topological polar surface area (TPSA) is 87.5 Å². The lowest BCUT2D eigenvalue weighted by atomic mass is 10.2. The normalized spacial score (nSPS) is 10.7. The highest BCUT2D eigenvalue weighted by Gasteiger charge is 2.25. The van der Waals surface area contributed by atoms with Crippen LogP contribution in [0.1, 0.15) is 23.2 Å². The van der Waals surface area contributed by atoms with Crippen molar-refractivity contribution >= 4 is 33.3 Å². The molecule has 6 nitrogen and oxygen atoms in total. The quantitative estimate of drug-likeness (QED) is 0.346. The van der Waals surface area contributed by atoms with E-state index in [-0.39, 0.29) is 30.0 Å². The number of halogens is 1. The molecule has 2 aromatic rings. The average Bonchev–Trinajstić information content (AvgIpc) is 2.70. The first-order valence-electron chi connectivity index (χ1n) is 8.43. The van der Waals surface area contributed by atoms with Crippen LogP contribution >= 0.6 is 11.6 Å². The number of carbonyl (C=O) groups is 1. The third-order valence-corrected chi connectivity index (χ3v) is 5.78. The van der Waals surface area contributed by atoms with Gasteiger partial charge in [0.2, 0.25) is 0 Å². The van der Waals surface area contributed by atoms with E-state index >= 15 is 0 Å². The summed E-state index contributed by atoms with van der Waals surface area (Å²) in [7, 11) is -3.95. The van der Waals surface area contributed by atoms with Crippen molar-refractivity contribution in [1.29, 1.82) is 5.26 Å². The predicted octanol–water partition coefficient (Wildman–Crippen LogP) is 4.18. The number of anilines is 1. The van der Waals surface area contributed by atoms with Crippen LogP contribution in [-0.2, 0) is 14.8 Å². The number of rotatable bonds is 9. The second kappa shape index (κ2) is 9.93. The minimum Gasteiger partial charge on any atom is -0.462 e. The van der Waals surface area contributed by atoms with Crippen LogP contribution in [0.4, 0.5) is 5.69 Å². The van der Waals surface area contributed by atoms with Crippen molar-refractivity contribution in [2.45, 2.75) is 17.7 Å². The zero-order valence-electron chi connectivity index (χ0n) is 15.0.